The van der Waals surface area contributed by atoms with Crippen LogP contribution in [0.3, 0.4) is 0 Å². The Labute approximate surface area is 102 Å². The summed E-state index contributed by atoms with van der Waals surface area (Å²) in [6.45, 7) is 4.28. The van der Waals surface area contributed by atoms with Gasteiger partial charge in [-0.1, -0.05) is 0 Å². The third-order valence-electron chi connectivity index (χ3n) is 3.58. The van der Waals surface area contributed by atoms with Gasteiger partial charge in [0, 0.05) is 42.9 Å². The standard InChI is InChI=1S/C12H16N2O.ClH/c1-8-5-13-3-2-11(8)15-12-9-4-10(12)7-14-6-9;/h2-3,5,9-10,12,14H,4,6-7H2,1H3;1H/t9-,10+,12?;. The van der Waals surface area contributed by atoms with Gasteiger partial charge in [0.25, 0.3) is 0 Å². The maximum absolute atomic E-state index is 6.07. The molecule has 1 aliphatic heterocycles. The van der Waals surface area contributed by atoms with Crippen LogP contribution in [0.2, 0.25) is 0 Å². The zero-order valence-electron chi connectivity index (χ0n) is 9.35. The highest BCUT2D eigenvalue weighted by molar-refractivity contribution is 5.85. The summed E-state index contributed by atoms with van der Waals surface area (Å²) >= 11 is 0. The first-order valence-electron chi connectivity index (χ1n) is 5.62. The Balaban J connectivity index is 0.000000963. The normalized spacial score (nSPS) is 31.2. The molecule has 2 fully saturated rings. The van der Waals surface area contributed by atoms with Crippen LogP contribution < -0.4 is 10.1 Å². The number of pyridine rings is 1. The molecule has 0 radical (unpaired) electrons. The largest absolute Gasteiger partial charge is 0.489 e. The van der Waals surface area contributed by atoms with E-state index < -0.39 is 0 Å². The van der Waals surface area contributed by atoms with Crippen molar-refractivity contribution in [1.82, 2.24) is 10.3 Å². The van der Waals surface area contributed by atoms with Crippen LogP contribution >= 0.6 is 12.4 Å². The highest BCUT2D eigenvalue weighted by Crippen LogP contribution is 2.39. The molecular weight excluding hydrogens is 224 g/mol. The third kappa shape index (κ3) is 1.89. The fraction of sp³-hybridized carbons (Fsp3) is 0.583. The van der Waals surface area contributed by atoms with E-state index in [1.807, 2.05) is 12.3 Å². The number of halogens is 1. The zero-order chi connectivity index (χ0) is 10.3. The van der Waals surface area contributed by atoms with Gasteiger partial charge in [-0.2, -0.15) is 0 Å². The van der Waals surface area contributed by atoms with Gasteiger partial charge < -0.3 is 10.1 Å². The topological polar surface area (TPSA) is 34.1 Å². The minimum absolute atomic E-state index is 0. The molecule has 3 atom stereocenters. The molecule has 2 heterocycles. The van der Waals surface area contributed by atoms with Gasteiger partial charge in [0.15, 0.2) is 0 Å². The van der Waals surface area contributed by atoms with Crippen molar-refractivity contribution in [2.45, 2.75) is 19.4 Å². The van der Waals surface area contributed by atoms with Crippen LogP contribution in [0.5, 0.6) is 5.75 Å². The number of piperidine rings is 2. The smallest absolute Gasteiger partial charge is 0.125 e. The van der Waals surface area contributed by atoms with Crippen molar-refractivity contribution < 1.29 is 4.74 Å². The van der Waals surface area contributed by atoms with Crippen molar-refractivity contribution in [1.29, 1.82) is 0 Å². The highest BCUT2D eigenvalue weighted by atomic mass is 35.5. The molecule has 16 heavy (non-hydrogen) atoms. The molecule has 1 aliphatic carbocycles. The molecule has 1 saturated heterocycles. The first kappa shape index (κ1) is 11.7. The molecule has 2 bridgehead atoms. The van der Waals surface area contributed by atoms with Crippen LogP contribution in [0.25, 0.3) is 0 Å². The van der Waals surface area contributed by atoms with Gasteiger partial charge in [0.1, 0.15) is 11.9 Å². The number of aryl methyl sites for hydroxylation is 1. The summed E-state index contributed by atoms with van der Waals surface area (Å²) in [6.07, 6.45) is 5.44. The predicted molar refractivity (Wildman–Crippen MR) is 65.1 cm³/mol. The fourth-order valence-corrected chi connectivity index (χ4v) is 2.63. The lowest BCUT2D eigenvalue weighted by Gasteiger charge is -2.49. The third-order valence-corrected chi connectivity index (χ3v) is 3.58. The molecule has 1 unspecified atom stereocenters. The second-order valence-electron chi connectivity index (χ2n) is 4.64. The van der Waals surface area contributed by atoms with E-state index in [9.17, 15) is 0 Å². The van der Waals surface area contributed by atoms with Crippen LogP contribution in [-0.4, -0.2) is 24.2 Å². The molecule has 3 nitrogen and oxygen atoms in total. The first-order chi connectivity index (χ1) is 7.34. The minimum Gasteiger partial charge on any atom is -0.489 e. The lowest BCUT2D eigenvalue weighted by Crippen LogP contribution is -2.59. The van der Waals surface area contributed by atoms with E-state index in [1.54, 1.807) is 6.20 Å². The molecule has 0 spiro atoms. The second-order valence-corrected chi connectivity index (χ2v) is 4.64. The molecule has 1 aromatic rings. The predicted octanol–water partition coefficient (Wildman–Crippen LogP) is 1.80. The monoisotopic (exact) mass is 240 g/mol. The Morgan fingerprint density at radius 2 is 2.12 bits per heavy atom. The van der Waals surface area contributed by atoms with Gasteiger partial charge in [-0.05, 0) is 19.4 Å². The number of fused-ring (bicyclic) bond motifs is 2. The van der Waals surface area contributed by atoms with Crippen LogP contribution in [-0.2, 0) is 0 Å². The van der Waals surface area contributed by atoms with Gasteiger partial charge in [0.2, 0.25) is 0 Å². The van der Waals surface area contributed by atoms with Gasteiger partial charge in [-0.3, -0.25) is 4.98 Å². The van der Waals surface area contributed by atoms with E-state index >= 15 is 0 Å². The molecule has 88 valence electrons. The lowest BCUT2D eigenvalue weighted by atomic mass is 9.69. The van der Waals surface area contributed by atoms with Crippen molar-refractivity contribution in [2.24, 2.45) is 11.8 Å². The molecule has 1 saturated carbocycles. The van der Waals surface area contributed by atoms with Crippen molar-refractivity contribution in [3.05, 3.63) is 24.0 Å². The van der Waals surface area contributed by atoms with Gasteiger partial charge in [-0.25, -0.2) is 0 Å². The summed E-state index contributed by atoms with van der Waals surface area (Å²) in [5.74, 6) is 2.44. The highest BCUT2D eigenvalue weighted by Gasteiger charge is 2.45. The van der Waals surface area contributed by atoms with E-state index in [2.05, 4.69) is 17.2 Å². The molecule has 0 amide bonds. The summed E-state index contributed by atoms with van der Waals surface area (Å²) in [4.78, 5) is 4.08. The molecule has 3 rings (SSSR count). The Morgan fingerprint density at radius 1 is 1.38 bits per heavy atom. The molecule has 4 heteroatoms. The Morgan fingerprint density at radius 3 is 2.75 bits per heavy atom. The average molecular weight is 241 g/mol. The van der Waals surface area contributed by atoms with Crippen LogP contribution in [0.1, 0.15) is 12.0 Å². The van der Waals surface area contributed by atoms with Crippen molar-refractivity contribution in [3.8, 4) is 5.75 Å². The van der Waals surface area contributed by atoms with Crippen molar-refractivity contribution in [3.63, 3.8) is 0 Å². The number of ether oxygens (including phenoxy) is 1. The summed E-state index contributed by atoms with van der Waals surface area (Å²) in [5.41, 5.74) is 1.13. The van der Waals surface area contributed by atoms with Crippen molar-refractivity contribution in [2.75, 3.05) is 13.1 Å². The van der Waals surface area contributed by atoms with E-state index in [-0.39, 0.29) is 12.4 Å². The Hall–Kier alpha value is -0.800. The molecule has 2 aliphatic rings. The molecular formula is C12H17ClN2O. The summed E-state index contributed by atoms with van der Waals surface area (Å²) in [6, 6.07) is 1.97. The van der Waals surface area contributed by atoms with Gasteiger partial charge in [0.05, 0.1) is 0 Å². The fourth-order valence-electron chi connectivity index (χ4n) is 2.63. The molecule has 1 aromatic heterocycles. The number of aromatic nitrogens is 1. The number of nitrogens with one attached hydrogen (secondary N) is 1. The maximum atomic E-state index is 6.07. The SMILES string of the molecule is Cc1cnccc1OC1[C@@H]2CNC[C@H]1C2.Cl. The summed E-state index contributed by atoms with van der Waals surface area (Å²) in [7, 11) is 0. The molecule has 0 aromatic carbocycles. The van der Waals surface area contributed by atoms with E-state index in [0.717, 1.165) is 36.2 Å². The summed E-state index contributed by atoms with van der Waals surface area (Å²) < 4.78 is 6.07. The van der Waals surface area contributed by atoms with E-state index in [1.165, 1.54) is 6.42 Å². The number of hydrogen-bond acceptors (Lipinski definition) is 3. The van der Waals surface area contributed by atoms with Gasteiger partial charge in [-0.15, -0.1) is 12.4 Å². The van der Waals surface area contributed by atoms with Crippen molar-refractivity contribution >= 4 is 12.4 Å². The van der Waals surface area contributed by atoms with Crippen LogP contribution in [0.15, 0.2) is 18.5 Å². The van der Waals surface area contributed by atoms with E-state index in [4.69, 9.17) is 4.74 Å². The summed E-state index contributed by atoms with van der Waals surface area (Å²) in [5, 5.41) is 3.42. The molecule has 1 N–H and O–H groups in total. The van der Waals surface area contributed by atoms with Gasteiger partial charge >= 0.3 is 0 Å². The van der Waals surface area contributed by atoms with E-state index in [0.29, 0.717) is 6.10 Å². The van der Waals surface area contributed by atoms with Crippen LogP contribution in [0.4, 0.5) is 0 Å². The Bertz CT molecular complexity index is 358. The zero-order valence-corrected chi connectivity index (χ0v) is 10.2. The first-order valence-corrected chi connectivity index (χ1v) is 5.62. The van der Waals surface area contributed by atoms with Crippen LogP contribution in [0, 0.1) is 18.8 Å². The maximum Gasteiger partial charge on any atom is 0.125 e. The second kappa shape index (κ2) is 4.60. The average Bonchev–Trinajstić information content (AvgIpc) is 2.29. The number of nitrogens with zero attached hydrogens (tertiary/aromatic N) is 1. The lowest BCUT2D eigenvalue weighted by molar-refractivity contribution is -0.0449. The number of rotatable bonds is 2. The number of hydrogen-bond donors (Lipinski definition) is 1. The quantitative estimate of drug-likeness (QED) is 0.856. The Kier molecular flexibility index (Phi) is 3.36. The minimum atomic E-state index is 0.